The van der Waals surface area contributed by atoms with E-state index in [1.165, 1.54) is 18.9 Å². The highest BCUT2D eigenvalue weighted by Gasteiger charge is 2.16. The van der Waals surface area contributed by atoms with Crippen LogP contribution in [0.15, 0.2) is 85.2 Å². The van der Waals surface area contributed by atoms with E-state index in [2.05, 4.69) is 43.3 Å². The molecule has 2 N–H and O–H groups in total. The molecule has 7 heteroatoms. The molecule has 0 amide bonds. The number of benzene rings is 3. The van der Waals surface area contributed by atoms with Gasteiger partial charge in [-0.15, -0.1) is 0 Å². The van der Waals surface area contributed by atoms with Crippen molar-refractivity contribution in [1.82, 2.24) is 25.1 Å². The summed E-state index contributed by atoms with van der Waals surface area (Å²) < 4.78 is 20.7. The second-order valence-electron chi connectivity index (χ2n) is 10.1. The minimum absolute atomic E-state index is 0.307. The van der Waals surface area contributed by atoms with Crippen molar-refractivity contribution in [3.8, 4) is 39.4 Å². The van der Waals surface area contributed by atoms with E-state index in [9.17, 15) is 4.39 Å². The smallest absolute Gasteiger partial charge is 0.127 e. The van der Waals surface area contributed by atoms with Crippen LogP contribution < -0.4 is 4.74 Å². The van der Waals surface area contributed by atoms with Crippen LogP contribution in [0.25, 0.3) is 55.4 Å². The van der Waals surface area contributed by atoms with Gasteiger partial charge in [-0.2, -0.15) is 5.10 Å². The summed E-state index contributed by atoms with van der Waals surface area (Å²) in [6.07, 6.45) is 6.08. The molecule has 0 bridgehead atoms. The van der Waals surface area contributed by atoms with Crippen molar-refractivity contribution < 1.29 is 9.13 Å². The number of nitrogens with zero attached hydrogens (tertiary/aromatic N) is 3. The van der Waals surface area contributed by atoms with E-state index in [4.69, 9.17) is 4.74 Å². The maximum Gasteiger partial charge on any atom is 0.127 e. The van der Waals surface area contributed by atoms with Gasteiger partial charge in [-0.1, -0.05) is 18.2 Å². The monoisotopic (exact) mass is 517 g/mol. The molecule has 0 aliphatic carbocycles. The first-order chi connectivity index (χ1) is 19.2. The maximum absolute atomic E-state index is 14.7. The third kappa shape index (κ3) is 4.66. The van der Waals surface area contributed by atoms with E-state index in [1.54, 1.807) is 18.5 Å². The van der Waals surface area contributed by atoms with Gasteiger partial charge in [-0.3, -0.25) is 15.0 Å². The summed E-state index contributed by atoms with van der Waals surface area (Å²) >= 11 is 0. The largest absolute Gasteiger partial charge is 0.492 e. The van der Waals surface area contributed by atoms with Crippen LogP contribution in [0.3, 0.4) is 0 Å². The Labute approximate surface area is 225 Å². The Morgan fingerprint density at radius 1 is 0.821 bits per heavy atom. The second-order valence-corrected chi connectivity index (χ2v) is 10.1. The van der Waals surface area contributed by atoms with E-state index in [0.29, 0.717) is 12.4 Å². The highest BCUT2D eigenvalue weighted by molar-refractivity contribution is 6.02. The molecule has 1 saturated heterocycles. The summed E-state index contributed by atoms with van der Waals surface area (Å²) in [6, 6.07) is 23.4. The topological polar surface area (TPSA) is 69.8 Å². The standard InChI is InChI=1S/C32H28FN5O/c33-24-16-23(17-25(19-24)39-15-14-38-12-1-2-13-38)26-4-3-5-29-27(26)20-31(35-29)32-28-18-22(6-7-30(28)36-37-32)21-8-10-34-11-9-21/h3-11,16-20,35H,1-2,12-15H2,(H,36,37). The van der Waals surface area contributed by atoms with Crippen LogP contribution in [-0.4, -0.2) is 51.3 Å². The van der Waals surface area contributed by atoms with Gasteiger partial charge in [0.1, 0.15) is 23.9 Å². The molecule has 0 radical (unpaired) electrons. The van der Waals surface area contributed by atoms with Crippen LogP contribution in [0.1, 0.15) is 12.8 Å². The zero-order valence-electron chi connectivity index (χ0n) is 21.5. The van der Waals surface area contributed by atoms with Gasteiger partial charge < -0.3 is 9.72 Å². The normalized spacial score (nSPS) is 14.0. The minimum Gasteiger partial charge on any atom is -0.492 e. The zero-order valence-corrected chi connectivity index (χ0v) is 21.5. The van der Waals surface area contributed by atoms with Crippen molar-refractivity contribution in [2.75, 3.05) is 26.2 Å². The van der Waals surface area contributed by atoms with Crippen molar-refractivity contribution in [3.05, 3.63) is 91.0 Å². The van der Waals surface area contributed by atoms with Crippen molar-refractivity contribution >= 4 is 21.8 Å². The molecule has 194 valence electrons. The highest BCUT2D eigenvalue weighted by Crippen LogP contribution is 2.36. The van der Waals surface area contributed by atoms with Gasteiger partial charge in [0.15, 0.2) is 0 Å². The van der Waals surface area contributed by atoms with Gasteiger partial charge in [0.05, 0.1) is 11.2 Å². The van der Waals surface area contributed by atoms with Crippen LogP contribution in [-0.2, 0) is 0 Å². The van der Waals surface area contributed by atoms with Gasteiger partial charge in [0, 0.05) is 41.3 Å². The Hall–Kier alpha value is -4.49. The first-order valence-electron chi connectivity index (χ1n) is 13.4. The number of fused-ring (bicyclic) bond motifs is 2. The average molecular weight is 518 g/mol. The number of aromatic amines is 2. The highest BCUT2D eigenvalue weighted by atomic mass is 19.1. The molecule has 4 heterocycles. The Morgan fingerprint density at radius 3 is 2.56 bits per heavy atom. The summed E-state index contributed by atoms with van der Waals surface area (Å²) in [7, 11) is 0. The number of hydrogen-bond acceptors (Lipinski definition) is 4. The molecular formula is C32H28FN5O. The van der Waals surface area contributed by atoms with E-state index in [-0.39, 0.29) is 5.82 Å². The molecular weight excluding hydrogens is 489 g/mol. The summed E-state index contributed by atoms with van der Waals surface area (Å²) in [5, 5.41) is 9.83. The summed E-state index contributed by atoms with van der Waals surface area (Å²) in [5.41, 5.74) is 7.59. The Bertz CT molecular complexity index is 1770. The third-order valence-corrected chi connectivity index (χ3v) is 7.55. The van der Waals surface area contributed by atoms with E-state index in [1.807, 2.05) is 42.5 Å². The predicted molar refractivity (Wildman–Crippen MR) is 153 cm³/mol. The lowest BCUT2D eigenvalue weighted by molar-refractivity contribution is 0.237. The fourth-order valence-electron chi connectivity index (χ4n) is 5.58. The quantitative estimate of drug-likeness (QED) is 0.238. The Balaban J connectivity index is 1.23. The number of pyridine rings is 1. The second kappa shape index (κ2) is 10.0. The van der Waals surface area contributed by atoms with Crippen molar-refractivity contribution in [2.24, 2.45) is 0 Å². The van der Waals surface area contributed by atoms with Crippen LogP contribution >= 0.6 is 0 Å². The molecule has 6 nitrogen and oxygen atoms in total. The number of H-pyrrole nitrogens is 2. The van der Waals surface area contributed by atoms with Gasteiger partial charge in [-0.25, -0.2) is 4.39 Å². The van der Waals surface area contributed by atoms with Gasteiger partial charge >= 0.3 is 0 Å². The molecule has 7 rings (SSSR count). The van der Waals surface area contributed by atoms with Crippen LogP contribution in [0.2, 0.25) is 0 Å². The number of aromatic nitrogens is 4. The van der Waals surface area contributed by atoms with Crippen LogP contribution in [0.5, 0.6) is 5.75 Å². The van der Waals surface area contributed by atoms with E-state index < -0.39 is 0 Å². The first-order valence-corrected chi connectivity index (χ1v) is 13.4. The molecule has 0 spiro atoms. The molecule has 3 aromatic heterocycles. The van der Waals surface area contributed by atoms with Gasteiger partial charge in [0.25, 0.3) is 0 Å². The number of hydrogen-bond donors (Lipinski definition) is 2. The predicted octanol–water partition coefficient (Wildman–Crippen LogP) is 7.05. The van der Waals surface area contributed by atoms with E-state index >= 15 is 0 Å². The molecule has 0 saturated carbocycles. The lowest BCUT2D eigenvalue weighted by atomic mass is 10.0. The molecule has 3 aromatic carbocycles. The molecule has 0 atom stereocenters. The number of halogens is 1. The van der Waals surface area contributed by atoms with Crippen LogP contribution in [0.4, 0.5) is 4.39 Å². The SMILES string of the molecule is Fc1cc(OCCN2CCCC2)cc(-c2cccc3[nH]c(-c4n[nH]c5ccc(-c6ccncc6)cc45)cc23)c1. The van der Waals surface area contributed by atoms with Crippen molar-refractivity contribution in [2.45, 2.75) is 12.8 Å². The first kappa shape index (κ1) is 23.6. The third-order valence-electron chi connectivity index (χ3n) is 7.55. The lowest BCUT2D eigenvalue weighted by Crippen LogP contribution is -2.25. The fourth-order valence-corrected chi connectivity index (χ4v) is 5.58. The molecule has 1 aliphatic heterocycles. The molecule has 1 aliphatic rings. The molecule has 0 unspecified atom stereocenters. The number of rotatable bonds is 7. The van der Waals surface area contributed by atoms with Gasteiger partial charge in [0.2, 0.25) is 0 Å². The average Bonchev–Trinajstić information content (AvgIpc) is 3.72. The molecule has 1 fully saturated rings. The number of likely N-dealkylation sites (tertiary alicyclic amines) is 1. The van der Waals surface area contributed by atoms with Gasteiger partial charge in [-0.05, 0) is 96.7 Å². The lowest BCUT2D eigenvalue weighted by Gasteiger charge is -2.15. The maximum atomic E-state index is 14.7. The number of nitrogens with one attached hydrogen (secondary N) is 2. The Morgan fingerprint density at radius 2 is 1.69 bits per heavy atom. The minimum atomic E-state index is -0.307. The molecule has 6 aromatic rings. The summed E-state index contributed by atoms with van der Waals surface area (Å²) in [4.78, 5) is 10.1. The zero-order chi connectivity index (χ0) is 26.2. The summed E-state index contributed by atoms with van der Waals surface area (Å²) in [6.45, 7) is 3.65. The Kier molecular flexibility index (Phi) is 6.06. The summed E-state index contributed by atoms with van der Waals surface area (Å²) in [5.74, 6) is 0.247. The number of ether oxygens (including phenoxy) is 1. The van der Waals surface area contributed by atoms with E-state index in [0.717, 1.165) is 75.1 Å². The van der Waals surface area contributed by atoms with Crippen molar-refractivity contribution in [1.29, 1.82) is 0 Å². The fraction of sp³-hybridized carbons (Fsp3) is 0.188. The molecule has 39 heavy (non-hydrogen) atoms. The van der Waals surface area contributed by atoms with Crippen molar-refractivity contribution in [3.63, 3.8) is 0 Å². The van der Waals surface area contributed by atoms with Crippen LogP contribution in [0, 0.1) is 5.82 Å².